The van der Waals surface area contributed by atoms with E-state index in [1.54, 1.807) is 12.3 Å². The van der Waals surface area contributed by atoms with Crippen molar-refractivity contribution in [3.63, 3.8) is 0 Å². The second-order valence-electron chi connectivity index (χ2n) is 6.58. The van der Waals surface area contributed by atoms with Gasteiger partial charge < -0.3 is 10.7 Å². The van der Waals surface area contributed by atoms with E-state index in [2.05, 4.69) is 42.3 Å². The third-order valence-electron chi connectivity index (χ3n) is 4.58. The minimum atomic E-state index is 0.428. The molecule has 5 rings (SSSR count). The minimum Gasteiger partial charge on any atom is -0.384 e. The SMILES string of the molecule is Nc1ccnc(N(Cc2cnc3[nH]ccc3c2)c2cc(C3CC3)[nH]n2)n1. The molecule has 0 aliphatic heterocycles. The highest BCUT2D eigenvalue weighted by molar-refractivity contribution is 5.75. The van der Waals surface area contributed by atoms with Crippen LogP contribution in [0.25, 0.3) is 11.0 Å². The van der Waals surface area contributed by atoms with Crippen LogP contribution in [0, 0.1) is 0 Å². The maximum atomic E-state index is 5.87. The lowest BCUT2D eigenvalue weighted by Gasteiger charge is -2.20. The Labute approximate surface area is 149 Å². The standard InChI is InChI=1S/C18H18N8/c19-15-4-6-21-18(23-15)26(16-8-14(24-25-16)12-1-2-12)10-11-7-13-3-5-20-17(13)22-9-11/h3-9,12H,1-2,10H2,(H,20,22)(H,24,25)(H2,19,21,23). The Bertz CT molecular complexity index is 1060. The normalized spacial score (nSPS) is 14.0. The number of anilines is 3. The van der Waals surface area contributed by atoms with Crippen LogP contribution in [0.4, 0.5) is 17.6 Å². The Balaban J connectivity index is 1.53. The first-order valence-corrected chi connectivity index (χ1v) is 8.59. The number of nitrogens with zero attached hydrogens (tertiary/aromatic N) is 5. The molecule has 1 aliphatic rings. The number of nitrogen functional groups attached to an aromatic ring is 1. The molecule has 1 saturated carbocycles. The Morgan fingerprint density at radius 2 is 2.12 bits per heavy atom. The summed E-state index contributed by atoms with van der Waals surface area (Å²) in [5, 5.41) is 8.70. The van der Waals surface area contributed by atoms with E-state index in [9.17, 15) is 0 Å². The molecule has 0 radical (unpaired) electrons. The van der Waals surface area contributed by atoms with Gasteiger partial charge in [0.2, 0.25) is 5.95 Å². The highest BCUT2D eigenvalue weighted by Crippen LogP contribution is 2.40. The Morgan fingerprint density at radius 1 is 1.19 bits per heavy atom. The van der Waals surface area contributed by atoms with Crippen LogP contribution in [-0.4, -0.2) is 30.1 Å². The lowest BCUT2D eigenvalue weighted by molar-refractivity contribution is 0.877. The number of pyridine rings is 1. The molecule has 4 heterocycles. The van der Waals surface area contributed by atoms with Crippen molar-refractivity contribution in [1.82, 2.24) is 30.1 Å². The number of fused-ring (bicyclic) bond motifs is 1. The van der Waals surface area contributed by atoms with Crippen LogP contribution in [0.3, 0.4) is 0 Å². The summed E-state index contributed by atoms with van der Waals surface area (Å²) in [6.07, 6.45) is 7.82. The van der Waals surface area contributed by atoms with Gasteiger partial charge in [-0.05, 0) is 36.6 Å². The molecular weight excluding hydrogens is 328 g/mol. The molecule has 4 aromatic heterocycles. The smallest absolute Gasteiger partial charge is 0.233 e. The summed E-state index contributed by atoms with van der Waals surface area (Å²) in [4.78, 5) is 18.3. The molecule has 8 nitrogen and oxygen atoms in total. The van der Waals surface area contributed by atoms with Gasteiger partial charge in [-0.15, -0.1) is 0 Å². The zero-order valence-corrected chi connectivity index (χ0v) is 14.1. The molecule has 26 heavy (non-hydrogen) atoms. The first-order valence-electron chi connectivity index (χ1n) is 8.59. The number of H-pyrrole nitrogens is 2. The van der Waals surface area contributed by atoms with Crippen LogP contribution in [0.15, 0.2) is 42.9 Å². The van der Waals surface area contributed by atoms with E-state index >= 15 is 0 Å². The molecular formula is C18H18N8. The van der Waals surface area contributed by atoms with Crippen LogP contribution in [0.2, 0.25) is 0 Å². The van der Waals surface area contributed by atoms with Crippen LogP contribution in [0.5, 0.6) is 0 Å². The van der Waals surface area contributed by atoms with Crippen molar-refractivity contribution in [1.29, 1.82) is 0 Å². The fourth-order valence-electron chi connectivity index (χ4n) is 3.07. The van der Waals surface area contributed by atoms with Crippen molar-refractivity contribution >= 4 is 28.6 Å². The zero-order chi connectivity index (χ0) is 17.5. The average molecular weight is 346 g/mol. The lowest BCUT2D eigenvalue weighted by Crippen LogP contribution is -2.20. The van der Waals surface area contributed by atoms with Gasteiger partial charge in [-0.1, -0.05) is 0 Å². The third kappa shape index (κ3) is 2.75. The van der Waals surface area contributed by atoms with Crippen LogP contribution in [0.1, 0.15) is 30.0 Å². The number of rotatable bonds is 5. The quantitative estimate of drug-likeness (QED) is 0.512. The van der Waals surface area contributed by atoms with Gasteiger partial charge in [-0.2, -0.15) is 10.1 Å². The Morgan fingerprint density at radius 3 is 2.96 bits per heavy atom. The molecule has 0 unspecified atom stereocenters. The molecule has 0 aromatic carbocycles. The molecule has 0 spiro atoms. The van der Waals surface area contributed by atoms with Crippen LogP contribution < -0.4 is 10.6 Å². The second kappa shape index (κ2) is 5.83. The van der Waals surface area contributed by atoms with Gasteiger partial charge in [0.15, 0.2) is 5.82 Å². The molecule has 0 amide bonds. The van der Waals surface area contributed by atoms with Gasteiger partial charge >= 0.3 is 0 Å². The largest absolute Gasteiger partial charge is 0.384 e. The van der Waals surface area contributed by atoms with E-state index in [0.717, 1.165) is 28.1 Å². The number of hydrogen-bond acceptors (Lipinski definition) is 6. The molecule has 1 aliphatic carbocycles. The summed E-state index contributed by atoms with van der Waals surface area (Å²) in [5.74, 6) is 2.33. The number of hydrogen-bond donors (Lipinski definition) is 3. The first-order chi connectivity index (χ1) is 12.8. The second-order valence-corrected chi connectivity index (χ2v) is 6.58. The minimum absolute atomic E-state index is 0.428. The van der Waals surface area contributed by atoms with Crippen molar-refractivity contribution in [2.24, 2.45) is 0 Å². The predicted octanol–water partition coefficient (Wildman–Crippen LogP) is 2.87. The van der Waals surface area contributed by atoms with Gasteiger partial charge in [-0.25, -0.2) is 9.97 Å². The van der Waals surface area contributed by atoms with Crippen molar-refractivity contribution in [3.8, 4) is 0 Å². The highest BCUT2D eigenvalue weighted by Gasteiger charge is 2.27. The molecule has 0 bridgehead atoms. The highest BCUT2D eigenvalue weighted by atomic mass is 15.3. The number of nitrogens with two attached hydrogens (primary N) is 1. The van der Waals surface area contributed by atoms with Crippen LogP contribution >= 0.6 is 0 Å². The molecule has 4 N–H and O–H groups in total. The average Bonchev–Trinajstić information content (AvgIpc) is 3.20. The first kappa shape index (κ1) is 14.9. The number of nitrogens with one attached hydrogen (secondary N) is 2. The van der Waals surface area contributed by atoms with Crippen molar-refractivity contribution < 1.29 is 0 Å². The maximum absolute atomic E-state index is 5.87. The van der Waals surface area contributed by atoms with Crippen molar-refractivity contribution in [3.05, 3.63) is 54.1 Å². The monoisotopic (exact) mass is 346 g/mol. The summed E-state index contributed by atoms with van der Waals surface area (Å²) in [7, 11) is 0. The molecule has 1 fully saturated rings. The Hall–Kier alpha value is -3.42. The zero-order valence-electron chi connectivity index (χ0n) is 14.1. The maximum Gasteiger partial charge on any atom is 0.233 e. The van der Waals surface area contributed by atoms with E-state index in [4.69, 9.17) is 5.73 Å². The molecule has 130 valence electrons. The fraction of sp³-hybridized carbons (Fsp3) is 0.222. The van der Waals surface area contributed by atoms with E-state index in [1.165, 1.54) is 12.8 Å². The fourth-order valence-corrected chi connectivity index (χ4v) is 3.07. The Kier molecular flexibility index (Phi) is 3.34. The molecule has 0 saturated heterocycles. The summed E-state index contributed by atoms with van der Waals surface area (Å²) >= 11 is 0. The van der Waals surface area contributed by atoms with E-state index in [0.29, 0.717) is 24.2 Å². The van der Waals surface area contributed by atoms with Gasteiger partial charge in [0.1, 0.15) is 11.5 Å². The summed E-state index contributed by atoms with van der Waals surface area (Å²) in [6, 6.07) is 7.86. The number of aromatic nitrogens is 6. The topological polar surface area (TPSA) is 112 Å². The van der Waals surface area contributed by atoms with Gasteiger partial charge in [-0.3, -0.25) is 10.00 Å². The molecule has 0 atom stereocenters. The van der Waals surface area contributed by atoms with E-state index in [1.807, 2.05) is 23.4 Å². The van der Waals surface area contributed by atoms with Crippen LogP contribution in [-0.2, 0) is 6.54 Å². The lowest BCUT2D eigenvalue weighted by atomic mass is 10.2. The summed E-state index contributed by atoms with van der Waals surface area (Å²) in [6.45, 7) is 0.548. The third-order valence-corrected chi connectivity index (χ3v) is 4.58. The summed E-state index contributed by atoms with van der Waals surface area (Å²) in [5.41, 5.74) is 8.94. The van der Waals surface area contributed by atoms with E-state index < -0.39 is 0 Å². The van der Waals surface area contributed by atoms with Crippen molar-refractivity contribution in [2.75, 3.05) is 10.6 Å². The van der Waals surface area contributed by atoms with Crippen molar-refractivity contribution in [2.45, 2.75) is 25.3 Å². The molecule has 8 heteroatoms. The van der Waals surface area contributed by atoms with Gasteiger partial charge in [0.25, 0.3) is 0 Å². The number of aromatic amines is 2. The predicted molar refractivity (Wildman–Crippen MR) is 98.9 cm³/mol. The summed E-state index contributed by atoms with van der Waals surface area (Å²) < 4.78 is 0. The molecule has 4 aromatic rings. The van der Waals surface area contributed by atoms with Gasteiger partial charge in [0, 0.05) is 41.7 Å². The van der Waals surface area contributed by atoms with Gasteiger partial charge in [0.05, 0.1) is 6.54 Å². The van der Waals surface area contributed by atoms with E-state index in [-0.39, 0.29) is 0 Å².